The number of hydrogen-bond donors (Lipinski definition) is 1. The molecule has 2 nitrogen and oxygen atoms in total. The highest BCUT2D eigenvalue weighted by Gasteiger charge is 2.00. The largest absolute Gasteiger partial charge is 0.482 e. The Morgan fingerprint density at radius 2 is 2.71 bits per heavy atom. The van der Waals surface area contributed by atoms with E-state index in [2.05, 4.69) is 4.72 Å². The van der Waals surface area contributed by atoms with Crippen LogP contribution in [0.2, 0.25) is 0 Å². The summed E-state index contributed by atoms with van der Waals surface area (Å²) in [6.07, 6.45) is 1.88. The topological polar surface area (TPSA) is 21.3 Å². The number of rotatable bonds is 1. The molecule has 0 saturated carbocycles. The highest BCUT2D eigenvalue weighted by atomic mass is 32.2. The lowest BCUT2D eigenvalue weighted by Crippen LogP contribution is -1.97. The maximum Gasteiger partial charge on any atom is 0.193 e. The Bertz CT molecular complexity index is 91.7. The van der Waals surface area contributed by atoms with E-state index in [1.54, 1.807) is 7.11 Å². The molecule has 3 heteroatoms. The molecule has 1 heterocycles. The SMILES string of the molecule is COC1=C[CH]SN1. The van der Waals surface area contributed by atoms with E-state index < -0.39 is 0 Å². The second kappa shape index (κ2) is 2.12. The summed E-state index contributed by atoms with van der Waals surface area (Å²) in [7, 11) is 1.64. The third kappa shape index (κ3) is 1.03. The van der Waals surface area contributed by atoms with Crippen molar-refractivity contribution in [2.24, 2.45) is 0 Å². The Labute approximate surface area is 47.1 Å². The summed E-state index contributed by atoms with van der Waals surface area (Å²) in [4.78, 5) is 0. The van der Waals surface area contributed by atoms with Crippen LogP contribution in [-0.2, 0) is 4.74 Å². The van der Waals surface area contributed by atoms with Gasteiger partial charge < -0.3 is 9.46 Å². The van der Waals surface area contributed by atoms with Crippen LogP contribution in [0.4, 0.5) is 0 Å². The number of ether oxygens (including phenoxy) is 1. The maximum atomic E-state index is 4.81. The van der Waals surface area contributed by atoms with Crippen molar-refractivity contribution < 1.29 is 4.74 Å². The molecular formula is C4H6NOS. The summed E-state index contributed by atoms with van der Waals surface area (Å²) in [6, 6.07) is 0. The first-order valence-electron chi connectivity index (χ1n) is 1.92. The molecule has 0 fully saturated rings. The van der Waals surface area contributed by atoms with E-state index in [9.17, 15) is 0 Å². The van der Waals surface area contributed by atoms with E-state index in [4.69, 9.17) is 4.74 Å². The van der Waals surface area contributed by atoms with Gasteiger partial charge in [0.2, 0.25) is 0 Å². The van der Waals surface area contributed by atoms with Crippen LogP contribution in [0.25, 0.3) is 0 Å². The molecule has 0 saturated heterocycles. The molecule has 1 aliphatic heterocycles. The minimum absolute atomic E-state index is 0.824. The Hall–Kier alpha value is -0.310. The highest BCUT2D eigenvalue weighted by molar-refractivity contribution is 7.99. The van der Waals surface area contributed by atoms with Crippen LogP contribution in [-0.4, -0.2) is 7.11 Å². The first kappa shape index (κ1) is 4.84. The van der Waals surface area contributed by atoms with Gasteiger partial charge in [0.1, 0.15) is 0 Å². The second-order valence-corrected chi connectivity index (χ2v) is 1.80. The number of hydrogen-bond acceptors (Lipinski definition) is 3. The van der Waals surface area contributed by atoms with E-state index >= 15 is 0 Å². The van der Waals surface area contributed by atoms with Crippen molar-refractivity contribution in [3.8, 4) is 0 Å². The van der Waals surface area contributed by atoms with Gasteiger partial charge >= 0.3 is 0 Å². The zero-order valence-corrected chi connectivity index (χ0v) is 4.79. The summed E-state index contributed by atoms with van der Waals surface area (Å²) >= 11 is 1.51. The molecule has 7 heavy (non-hydrogen) atoms. The molecule has 1 rings (SSSR count). The molecule has 0 atom stereocenters. The van der Waals surface area contributed by atoms with Gasteiger partial charge in [0, 0.05) is 0 Å². The van der Waals surface area contributed by atoms with E-state index in [1.807, 2.05) is 11.8 Å². The van der Waals surface area contributed by atoms with E-state index in [1.165, 1.54) is 11.9 Å². The standard InChI is InChI=1S/C4H6NOS/c1-6-4-2-3-7-5-4/h2-3,5H,1H3. The van der Waals surface area contributed by atoms with Gasteiger partial charge in [0.25, 0.3) is 0 Å². The van der Waals surface area contributed by atoms with Gasteiger partial charge in [-0.2, -0.15) is 0 Å². The molecule has 0 aromatic carbocycles. The van der Waals surface area contributed by atoms with Crippen LogP contribution >= 0.6 is 11.9 Å². The van der Waals surface area contributed by atoms with Crippen LogP contribution in [0.5, 0.6) is 0 Å². The lowest BCUT2D eigenvalue weighted by Gasteiger charge is -1.96. The van der Waals surface area contributed by atoms with Gasteiger partial charge in [-0.1, -0.05) is 0 Å². The minimum Gasteiger partial charge on any atom is -0.482 e. The molecule has 0 aromatic rings. The zero-order chi connectivity index (χ0) is 5.11. The lowest BCUT2D eigenvalue weighted by molar-refractivity contribution is 0.281. The van der Waals surface area contributed by atoms with Crippen LogP contribution < -0.4 is 4.72 Å². The summed E-state index contributed by atoms with van der Waals surface area (Å²) in [5, 5.41) is 0. The fourth-order valence-electron chi connectivity index (χ4n) is 0.332. The summed E-state index contributed by atoms with van der Waals surface area (Å²) in [5.41, 5.74) is 0. The van der Waals surface area contributed by atoms with Crippen LogP contribution in [0.1, 0.15) is 0 Å². The van der Waals surface area contributed by atoms with Crippen molar-refractivity contribution in [3.05, 3.63) is 17.7 Å². The summed E-state index contributed by atoms with van der Waals surface area (Å²) < 4.78 is 7.72. The Balaban J connectivity index is 2.36. The fraction of sp³-hybridized carbons (Fsp3) is 0.250. The molecular weight excluding hydrogens is 110 g/mol. The first-order chi connectivity index (χ1) is 3.43. The van der Waals surface area contributed by atoms with Crippen molar-refractivity contribution >= 4 is 11.9 Å². The monoisotopic (exact) mass is 116 g/mol. The van der Waals surface area contributed by atoms with Gasteiger partial charge in [-0.15, -0.1) is 0 Å². The van der Waals surface area contributed by atoms with Gasteiger partial charge in [-0.05, 0) is 18.0 Å². The molecule has 0 spiro atoms. The first-order valence-corrected chi connectivity index (χ1v) is 2.80. The molecule has 1 aliphatic rings. The molecule has 0 aliphatic carbocycles. The maximum absolute atomic E-state index is 4.81. The van der Waals surface area contributed by atoms with Gasteiger partial charge in [-0.25, -0.2) is 0 Å². The number of nitrogens with one attached hydrogen (secondary N) is 1. The van der Waals surface area contributed by atoms with E-state index in [0.717, 1.165) is 5.88 Å². The van der Waals surface area contributed by atoms with Crippen LogP contribution in [0.3, 0.4) is 0 Å². The van der Waals surface area contributed by atoms with Crippen molar-refractivity contribution in [1.82, 2.24) is 4.72 Å². The molecule has 39 valence electrons. The molecule has 0 unspecified atom stereocenters. The lowest BCUT2D eigenvalue weighted by atomic mass is 10.7. The normalized spacial score (nSPS) is 18.1. The Kier molecular flexibility index (Phi) is 1.46. The predicted octanol–water partition coefficient (Wildman–Crippen LogP) is 0.887. The second-order valence-electron chi connectivity index (χ2n) is 1.09. The molecule has 0 bridgehead atoms. The number of methoxy groups -OCH3 is 1. The summed E-state index contributed by atoms with van der Waals surface area (Å²) in [5.74, 6) is 2.75. The van der Waals surface area contributed by atoms with Crippen molar-refractivity contribution in [3.63, 3.8) is 0 Å². The molecule has 0 aromatic heterocycles. The Morgan fingerprint density at radius 1 is 1.86 bits per heavy atom. The quantitative estimate of drug-likeness (QED) is 0.514. The van der Waals surface area contributed by atoms with Gasteiger partial charge in [-0.3, -0.25) is 0 Å². The highest BCUT2D eigenvalue weighted by Crippen LogP contribution is 2.13. The third-order valence-electron chi connectivity index (χ3n) is 0.667. The fourth-order valence-corrected chi connectivity index (χ4v) is 0.859. The molecule has 1 radical (unpaired) electrons. The van der Waals surface area contributed by atoms with Gasteiger partial charge in [0.15, 0.2) is 5.88 Å². The zero-order valence-electron chi connectivity index (χ0n) is 3.97. The van der Waals surface area contributed by atoms with Crippen molar-refractivity contribution in [1.29, 1.82) is 0 Å². The average molecular weight is 116 g/mol. The van der Waals surface area contributed by atoms with Crippen molar-refractivity contribution in [2.45, 2.75) is 0 Å². The van der Waals surface area contributed by atoms with Crippen LogP contribution in [0.15, 0.2) is 12.0 Å². The van der Waals surface area contributed by atoms with E-state index in [0.29, 0.717) is 0 Å². The predicted molar refractivity (Wildman–Crippen MR) is 30.1 cm³/mol. The molecule has 1 N–H and O–H groups in total. The van der Waals surface area contributed by atoms with Crippen molar-refractivity contribution in [2.75, 3.05) is 7.11 Å². The minimum atomic E-state index is 0.824. The average Bonchev–Trinajstić information content (AvgIpc) is 2.14. The van der Waals surface area contributed by atoms with E-state index in [-0.39, 0.29) is 0 Å². The summed E-state index contributed by atoms with van der Waals surface area (Å²) in [6.45, 7) is 0. The van der Waals surface area contributed by atoms with Gasteiger partial charge in [0.05, 0.1) is 12.9 Å². The molecule has 0 amide bonds. The smallest absolute Gasteiger partial charge is 0.193 e. The Morgan fingerprint density at radius 3 is 3.00 bits per heavy atom. The van der Waals surface area contributed by atoms with Crippen LogP contribution in [0, 0.1) is 5.75 Å². The third-order valence-corrected chi connectivity index (χ3v) is 1.26.